The SMILES string of the molecule is COc1ccc2c(c1)C(=O)[C@@H](Br)C2. The maximum Gasteiger partial charge on any atom is 0.177 e. The summed E-state index contributed by atoms with van der Waals surface area (Å²) in [6.07, 6.45) is 0.790. The topological polar surface area (TPSA) is 26.3 Å². The number of rotatable bonds is 1. The fraction of sp³-hybridized carbons (Fsp3) is 0.300. The molecule has 0 spiro atoms. The molecule has 1 aliphatic rings. The number of Topliss-reactive ketones (excluding diaryl/α,β-unsaturated/α-hetero) is 1. The van der Waals surface area contributed by atoms with E-state index in [0.717, 1.165) is 23.3 Å². The van der Waals surface area contributed by atoms with E-state index in [0.29, 0.717) is 0 Å². The summed E-state index contributed by atoms with van der Waals surface area (Å²) >= 11 is 3.34. The van der Waals surface area contributed by atoms with Crippen LogP contribution in [0.2, 0.25) is 0 Å². The van der Waals surface area contributed by atoms with Crippen molar-refractivity contribution in [2.75, 3.05) is 7.11 Å². The molecule has 0 amide bonds. The van der Waals surface area contributed by atoms with Crippen molar-refractivity contribution in [3.63, 3.8) is 0 Å². The van der Waals surface area contributed by atoms with Gasteiger partial charge in [-0.05, 0) is 24.1 Å². The maximum atomic E-state index is 11.6. The number of methoxy groups -OCH3 is 1. The Labute approximate surface area is 85.0 Å². The summed E-state index contributed by atoms with van der Waals surface area (Å²) in [5, 5.41) is 0. The Balaban J connectivity index is 2.48. The van der Waals surface area contributed by atoms with Crippen LogP contribution in [0.4, 0.5) is 0 Å². The molecular formula is C10H9BrO2. The largest absolute Gasteiger partial charge is 0.497 e. The second-order valence-corrected chi connectivity index (χ2v) is 4.16. The number of benzene rings is 1. The van der Waals surface area contributed by atoms with Crippen LogP contribution in [-0.2, 0) is 6.42 Å². The third-order valence-corrected chi connectivity index (χ3v) is 3.01. The van der Waals surface area contributed by atoms with Crippen molar-refractivity contribution in [3.05, 3.63) is 29.3 Å². The number of halogens is 1. The lowest BCUT2D eigenvalue weighted by molar-refractivity contribution is 0.100. The number of ketones is 1. The highest BCUT2D eigenvalue weighted by Gasteiger charge is 2.28. The van der Waals surface area contributed by atoms with Gasteiger partial charge in [0.05, 0.1) is 11.9 Å². The van der Waals surface area contributed by atoms with Gasteiger partial charge in [-0.2, -0.15) is 0 Å². The Morgan fingerprint density at radius 1 is 1.54 bits per heavy atom. The van der Waals surface area contributed by atoms with Crippen LogP contribution in [0.1, 0.15) is 15.9 Å². The molecule has 0 radical (unpaired) electrons. The molecule has 0 aromatic heterocycles. The number of alkyl halides is 1. The summed E-state index contributed by atoms with van der Waals surface area (Å²) in [7, 11) is 1.60. The lowest BCUT2D eigenvalue weighted by Gasteiger charge is -2.01. The van der Waals surface area contributed by atoms with Gasteiger partial charge >= 0.3 is 0 Å². The molecule has 0 N–H and O–H groups in total. The van der Waals surface area contributed by atoms with Crippen LogP contribution in [0.15, 0.2) is 18.2 Å². The van der Waals surface area contributed by atoms with Gasteiger partial charge in [0, 0.05) is 5.56 Å². The third kappa shape index (κ3) is 1.37. The molecule has 0 unspecified atom stereocenters. The molecule has 1 aromatic rings. The van der Waals surface area contributed by atoms with Crippen LogP contribution in [0, 0.1) is 0 Å². The molecule has 0 bridgehead atoms. The zero-order valence-corrected chi connectivity index (χ0v) is 8.80. The van der Waals surface area contributed by atoms with Gasteiger partial charge < -0.3 is 4.74 Å². The zero-order valence-electron chi connectivity index (χ0n) is 7.21. The highest BCUT2D eigenvalue weighted by Crippen LogP contribution is 2.29. The van der Waals surface area contributed by atoms with Crippen LogP contribution in [0.3, 0.4) is 0 Å². The number of hydrogen-bond donors (Lipinski definition) is 0. The maximum absolute atomic E-state index is 11.6. The average Bonchev–Trinajstić information content (AvgIpc) is 2.43. The molecule has 1 atom stereocenters. The minimum absolute atomic E-state index is 0.0467. The monoisotopic (exact) mass is 240 g/mol. The average molecular weight is 241 g/mol. The molecule has 0 fully saturated rings. The molecule has 1 aliphatic carbocycles. The molecule has 68 valence electrons. The van der Waals surface area contributed by atoms with Crippen molar-refractivity contribution in [1.29, 1.82) is 0 Å². The van der Waals surface area contributed by atoms with Crippen molar-refractivity contribution >= 4 is 21.7 Å². The van der Waals surface area contributed by atoms with E-state index in [1.165, 1.54) is 0 Å². The summed E-state index contributed by atoms with van der Waals surface area (Å²) in [4.78, 5) is 11.5. The molecule has 2 rings (SSSR count). The highest BCUT2D eigenvalue weighted by molar-refractivity contribution is 9.10. The molecule has 1 aromatic carbocycles. The van der Waals surface area contributed by atoms with E-state index in [9.17, 15) is 4.79 Å². The first-order chi connectivity index (χ1) is 6.22. The van der Waals surface area contributed by atoms with Crippen molar-refractivity contribution in [2.24, 2.45) is 0 Å². The number of carbonyl (C=O) groups is 1. The van der Waals surface area contributed by atoms with Crippen LogP contribution >= 0.6 is 15.9 Å². The Morgan fingerprint density at radius 2 is 2.31 bits per heavy atom. The number of hydrogen-bond acceptors (Lipinski definition) is 2. The Morgan fingerprint density at radius 3 is 3.00 bits per heavy atom. The lowest BCUT2D eigenvalue weighted by Crippen LogP contribution is -2.06. The molecule has 13 heavy (non-hydrogen) atoms. The molecule has 2 nitrogen and oxygen atoms in total. The van der Waals surface area contributed by atoms with Crippen molar-refractivity contribution in [2.45, 2.75) is 11.2 Å². The molecule has 0 saturated heterocycles. The van der Waals surface area contributed by atoms with Crippen molar-refractivity contribution < 1.29 is 9.53 Å². The first kappa shape index (κ1) is 8.75. The predicted octanol–water partition coefficient (Wildman–Crippen LogP) is 2.20. The van der Waals surface area contributed by atoms with E-state index in [-0.39, 0.29) is 10.6 Å². The first-order valence-corrected chi connectivity index (χ1v) is 4.99. The van der Waals surface area contributed by atoms with Crippen LogP contribution in [0.25, 0.3) is 0 Å². The van der Waals surface area contributed by atoms with Crippen molar-refractivity contribution in [3.8, 4) is 5.75 Å². The van der Waals surface area contributed by atoms with Gasteiger partial charge in [-0.3, -0.25) is 4.79 Å². The first-order valence-electron chi connectivity index (χ1n) is 4.07. The minimum Gasteiger partial charge on any atom is -0.497 e. The lowest BCUT2D eigenvalue weighted by atomic mass is 10.1. The van der Waals surface area contributed by atoms with E-state index in [2.05, 4.69) is 15.9 Å². The van der Waals surface area contributed by atoms with Crippen LogP contribution < -0.4 is 4.74 Å². The van der Waals surface area contributed by atoms with Gasteiger partial charge in [0.15, 0.2) is 5.78 Å². The fourth-order valence-corrected chi connectivity index (χ4v) is 2.14. The predicted molar refractivity (Wildman–Crippen MR) is 53.7 cm³/mol. The molecule has 0 saturated carbocycles. The van der Waals surface area contributed by atoms with Gasteiger partial charge in [0.2, 0.25) is 0 Å². The van der Waals surface area contributed by atoms with Crippen LogP contribution in [-0.4, -0.2) is 17.7 Å². The highest BCUT2D eigenvalue weighted by atomic mass is 79.9. The summed E-state index contributed by atoms with van der Waals surface area (Å²) in [5.41, 5.74) is 1.90. The van der Waals surface area contributed by atoms with Crippen molar-refractivity contribution in [1.82, 2.24) is 0 Å². The summed E-state index contributed by atoms with van der Waals surface area (Å²) in [5.74, 6) is 0.905. The second kappa shape index (κ2) is 3.14. The normalized spacial score (nSPS) is 20.2. The minimum atomic E-state index is -0.0467. The molecular weight excluding hydrogens is 232 g/mol. The quantitative estimate of drug-likeness (QED) is 0.704. The zero-order chi connectivity index (χ0) is 9.42. The van der Waals surface area contributed by atoms with Gasteiger partial charge in [-0.15, -0.1) is 0 Å². The molecule has 3 heteroatoms. The number of carbonyl (C=O) groups excluding carboxylic acids is 1. The summed E-state index contributed by atoms with van der Waals surface area (Å²) in [6.45, 7) is 0. The Kier molecular flexibility index (Phi) is 2.12. The van der Waals surface area contributed by atoms with Gasteiger partial charge in [-0.1, -0.05) is 22.0 Å². The van der Waals surface area contributed by atoms with E-state index in [4.69, 9.17) is 4.74 Å². The summed E-state index contributed by atoms with van der Waals surface area (Å²) in [6, 6.07) is 5.64. The molecule has 0 heterocycles. The van der Waals surface area contributed by atoms with E-state index >= 15 is 0 Å². The number of ether oxygens (including phenoxy) is 1. The van der Waals surface area contributed by atoms with Crippen LogP contribution in [0.5, 0.6) is 5.75 Å². The second-order valence-electron chi connectivity index (χ2n) is 3.06. The Bertz CT molecular complexity index is 360. The van der Waals surface area contributed by atoms with Gasteiger partial charge in [-0.25, -0.2) is 0 Å². The van der Waals surface area contributed by atoms with E-state index < -0.39 is 0 Å². The van der Waals surface area contributed by atoms with E-state index in [1.807, 2.05) is 12.1 Å². The standard InChI is InChI=1S/C10H9BrO2/c1-13-7-3-2-6-4-9(11)10(12)8(6)5-7/h2-3,5,9H,4H2,1H3/t9-/m0/s1. The van der Waals surface area contributed by atoms with E-state index in [1.54, 1.807) is 13.2 Å². The van der Waals surface area contributed by atoms with Gasteiger partial charge in [0.25, 0.3) is 0 Å². The third-order valence-electron chi connectivity index (χ3n) is 2.27. The fourth-order valence-electron chi connectivity index (χ4n) is 1.54. The number of fused-ring (bicyclic) bond motifs is 1. The van der Waals surface area contributed by atoms with Gasteiger partial charge in [0.1, 0.15) is 5.75 Å². The summed E-state index contributed by atoms with van der Waals surface area (Å²) < 4.78 is 5.06. The Hall–Kier alpha value is -0.830. The smallest absolute Gasteiger partial charge is 0.177 e. The molecule has 0 aliphatic heterocycles.